The van der Waals surface area contributed by atoms with E-state index in [1.807, 2.05) is 68.4 Å². The smallest absolute Gasteiger partial charge is 0.243 e. The minimum atomic E-state index is -0.0656. The van der Waals surface area contributed by atoms with Crippen molar-refractivity contribution >= 4 is 41.5 Å². The topological polar surface area (TPSA) is 75.2 Å². The molecule has 2 aromatic carbocycles. The first-order valence-corrected chi connectivity index (χ1v) is 10.1. The molecule has 0 aliphatic heterocycles. The highest BCUT2D eigenvalue weighted by molar-refractivity contribution is 14.0. The normalized spacial score (nSPS) is 10.8. The second kappa shape index (κ2) is 14.5. The van der Waals surface area contributed by atoms with E-state index in [9.17, 15) is 4.79 Å². The molecule has 2 aromatic rings. The van der Waals surface area contributed by atoms with Crippen LogP contribution in [0.25, 0.3) is 0 Å². The van der Waals surface area contributed by atoms with Crippen LogP contribution in [-0.2, 0) is 4.79 Å². The van der Waals surface area contributed by atoms with Crippen molar-refractivity contribution in [1.29, 1.82) is 0 Å². The number of anilines is 1. The van der Waals surface area contributed by atoms with Crippen LogP contribution in [0.3, 0.4) is 0 Å². The van der Waals surface area contributed by atoms with Gasteiger partial charge in [0.1, 0.15) is 18.0 Å². The largest absolute Gasteiger partial charge is 0.494 e. The highest BCUT2D eigenvalue weighted by Gasteiger charge is 2.06. The van der Waals surface area contributed by atoms with Gasteiger partial charge in [-0.25, -0.2) is 4.99 Å². The molecule has 0 saturated carbocycles. The Balaban J connectivity index is 0.00000480. The van der Waals surface area contributed by atoms with Crippen LogP contribution in [0, 0.1) is 0 Å². The monoisotopic (exact) mass is 540 g/mol. The molecule has 0 aliphatic rings. The summed E-state index contributed by atoms with van der Waals surface area (Å²) in [7, 11) is 3.43. The molecule has 2 N–H and O–H groups in total. The Morgan fingerprint density at radius 2 is 1.71 bits per heavy atom. The van der Waals surface area contributed by atoms with Gasteiger partial charge in [-0.05, 0) is 56.7 Å². The van der Waals surface area contributed by atoms with Gasteiger partial charge in [0.05, 0.1) is 12.7 Å². The molecule has 0 unspecified atom stereocenters. The zero-order valence-corrected chi connectivity index (χ0v) is 21.0. The summed E-state index contributed by atoms with van der Waals surface area (Å²) in [4.78, 5) is 17.8. The number of hydrogen-bond acceptors (Lipinski definition) is 4. The number of rotatable bonds is 10. The molecule has 2 rings (SSSR count). The van der Waals surface area contributed by atoms with E-state index in [1.54, 1.807) is 14.1 Å². The van der Waals surface area contributed by atoms with Crippen molar-refractivity contribution in [2.24, 2.45) is 4.99 Å². The molecule has 1 amide bonds. The molecule has 0 saturated heterocycles. The van der Waals surface area contributed by atoms with Crippen molar-refractivity contribution in [3.8, 4) is 11.5 Å². The van der Waals surface area contributed by atoms with Crippen molar-refractivity contribution in [3.05, 3.63) is 54.6 Å². The number of benzene rings is 2. The van der Waals surface area contributed by atoms with Crippen LogP contribution in [0.1, 0.15) is 20.3 Å². The lowest BCUT2D eigenvalue weighted by Gasteiger charge is -2.15. The molecule has 0 fully saturated rings. The van der Waals surface area contributed by atoms with Gasteiger partial charge < -0.3 is 25.0 Å². The van der Waals surface area contributed by atoms with Gasteiger partial charge in [0.2, 0.25) is 5.91 Å². The SMILES string of the molecule is CC(C)Oc1ccc(NC(=NCC(=O)N(C)C)NCCCOc2ccccc2)cc1.I. The van der Waals surface area contributed by atoms with Crippen LogP contribution in [-0.4, -0.2) is 56.7 Å². The van der Waals surface area contributed by atoms with Gasteiger partial charge in [-0.15, -0.1) is 24.0 Å². The minimum absolute atomic E-state index is 0. The molecule has 7 nitrogen and oxygen atoms in total. The third-order valence-corrected chi connectivity index (χ3v) is 3.99. The van der Waals surface area contributed by atoms with Gasteiger partial charge in [-0.1, -0.05) is 18.2 Å². The van der Waals surface area contributed by atoms with Gasteiger partial charge in [-0.3, -0.25) is 4.79 Å². The lowest BCUT2D eigenvalue weighted by molar-refractivity contribution is -0.127. The first kappa shape index (κ1) is 26.5. The Labute approximate surface area is 202 Å². The van der Waals surface area contributed by atoms with Crippen molar-refractivity contribution in [2.45, 2.75) is 26.4 Å². The molecular weight excluding hydrogens is 507 g/mol. The van der Waals surface area contributed by atoms with E-state index in [2.05, 4.69) is 15.6 Å². The molecule has 170 valence electrons. The second-order valence-electron chi connectivity index (χ2n) is 7.21. The molecule has 0 bridgehead atoms. The summed E-state index contributed by atoms with van der Waals surface area (Å²) in [6, 6.07) is 17.4. The van der Waals surface area contributed by atoms with E-state index < -0.39 is 0 Å². The number of ether oxygens (including phenoxy) is 2. The van der Waals surface area contributed by atoms with Crippen molar-refractivity contribution in [1.82, 2.24) is 10.2 Å². The first-order chi connectivity index (χ1) is 14.4. The summed E-state index contributed by atoms with van der Waals surface area (Å²) in [5, 5.41) is 6.49. The van der Waals surface area contributed by atoms with E-state index in [0.29, 0.717) is 19.1 Å². The molecule has 0 radical (unpaired) electrons. The van der Waals surface area contributed by atoms with Crippen molar-refractivity contribution < 1.29 is 14.3 Å². The van der Waals surface area contributed by atoms with E-state index in [1.165, 1.54) is 4.90 Å². The van der Waals surface area contributed by atoms with Crippen LogP contribution < -0.4 is 20.1 Å². The molecule has 0 aromatic heterocycles. The fourth-order valence-electron chi connectivity index (χ4n) is 2.44. The summed E-state index contributed by atoms with van der Waals surface area (Å²) in [5.41, 5.74) is 0.857. The van der Waals surface area contributed by atoms with Crippen LogP contribution in [0.5, 0.6) is 11.5 Å². The van der Waals surface area contributed by atoms with Crippen LogP contribution in [0.4, 0.5) is 5.69 Å². The minimum Gasteiger partial charge on any atom is -0.494 e. The van der Waals surface area contributed by atoms with E-state index in [0.717, 1.165) is 23.6 Å². The molecule has 0 aliphatic carbocycles. The van der Waals surface area contributed by atoms with Crippen LogP contribution in [0.2, 0.25) is 0 Å². The number of amides is 1. The van der Waals surface area contributed by atoms with Gasteiger partial charge in [0.15, 0.2) is 5.96 Å². The quantitative estimate of drug-likeness (QED) is 0.206. The Bertz CT molecular complexity index is 796. The Morgan fingerprint density at radius 1 is 1.03 bits per heavy atom. The molecule has 0 atom stereocenters. The van der Waals surface area contributed by atoms with Gasteiger partial charge >= 0.3 is 0 Å². The van der Waals surface area contributed by atoms with E-state index in [4.69, 9.17) is 9.47 Å². The number of carbonyl (C=O) groups is 1. The molecule has 0 spiro atoms. The number of nitrogens with zero attached hydrogens (tertiary/aromatic N) is 2. The predicted molar refractivity (Wildman–Crippen MR) is 137 cm³/mol. The van der Waals surface area contributed by atoms with Gasteiger partial charge in [0.25, 0.3) is 0 Å². The third kappa shape index (κ3) is 10.9. The molecule has 31 heavy (non-hydrogen) atoms. The average molecular weight is 540 g/mol. The number of aliphatic imine (C=N–C) groups is 1. The number of hydrogen-bond donors (Lipinski definition) is 2. The number of guanidine groups is 1. The van der Waals surface area contributed by atoms with E-state index in [-0.39, 0.29) is 42.5 Å². The lowest BCUT2D eigenvalue weighted by atomic mass is 10.3. The van der Waals surface area contributed by atoms with Crippen LogP contribution in [0.15, 0.2) is 59.6 Å². The van der Waals surface area contributed by atoms with Crippen molar-refractivity contribution in [2.75, 3.05) is 39.1 Å². The molecule has 0 heterocycles. The summed E-state index contributed by atoms with van der Waals surface area (Å²) in [6.07, 6.45) is 0.913. The second-order valence-corrected chi connectivity index (χ2v) is 7.21. The fraction of sp³-hybridized carbons (Fsp3) is 0.391. The first-order valence-electron chi connectivity index (χ1n) is 10.1. The molecular formula is C23H33IN4O3. The maximum Gasteiger partial charge on any atom is 0.243 e. The standard InChI is InChI=1S/C23H32N4O3.HI/c1-18(2)30-21-13-11-19(12-14-21)26-23(25-17-22(28)27(3)4)24-15-8-16-29-20-9-6-5-7-10-20;/h5-7,9-14,18H,8,15-17H2,1-4H3,(H2,24,25,26);1H. The summed E-state index contributed by atoms with van der Waals surface area (Å²) >= 11 is 0. The van der Waals surface area contributed by atoms with Crippen LogP contribution >= 0.6 is 24.0 Å². The Morgan fingerprint density at radius 3 is 2.32 bits per heavy atom. The predicted octanol–water partition coefficient (Wildman–Crippen LogP) is 4.01. The fourth-order valence-corrected chi connectivity index (χ4v) is 2.44. The number of halogens is 1. The highest BCUT2D eigenvalue weighted by Crippen LogP contribution is 2.16. The maximum atomic E-state index is 11.9. The lowest BCUT2D eigenvalue weighted by Crippen LogP contribution is -2.34. The third-order valence-electron chi connectivity index (χ3n) is 3.99. The summed E-state index contributed by atoms with van der Waals surface area (Å²) in [5.74, 6) is 2.14. The number of likely N-dealkylation sites (N-methyl/N-ethyl adjacent to an activating group) is 1. The number of nitrogens with one attached hydrogen (secondary N) is 2. The number of carbonyl (C=O) groups excluding carboxylic acids is 1. The summed E-state index contributed by atoms with van der Waals surface area (Å²) in [6.45, 7) is 5.29. The molecule has 8 heteroatoms. The zero-order valence-electron chi connectivity index (χ0n) is 18.6. The zero-order chi connectivity index (χ0) is 21.8. The average Bonchev–Trinajstić information content (AvgIpc) is 2.73. The maximum absolute atomic E-state index is 11.9. The summed E-state index contributed by atoms with van der Waals surface area (Å²) < 4.78 is 11.4. The van der Waals surface area contributed by atoms with Gasteiger partial charge in [0, 0.05) is 26.3 Å². The van der Waals surface area contributed by atoms with Crippen molar-refractivity contribution in [3.63, 3.8) is 0 Å². The highest BCUT2D eigenvalue weighted by atomic mass is 127. The Kier molecular flexibility index (Phi) is 12.4. The number of para-hydroxylation sites is 1. The van der Waals surface area contributed by atoms with E-state index >= 15 is 0 Å². The Hall–Kier alpha value is -2.49. The van der Waals surface area contributed by atoms with Gasteiger partial charge in [-0.2, -0.15) is 0 Å².